The fourth-order valence-corrected chi connectivity index (χ4v) is 2.30. The van der Waals surface area contributed by atoms with Crippen LogP contribution in [-0.2, 0) is 22.6 Å². The first-order valence-electron chi connectivity index (χ1n) is 8.84. The van der Waals surface area contributed by atoms with Gasteiger partial charge >= 0.3 is 6.09 Å². The van der Waals surface area contributed by atoms with Crippen molar-refractivity contribution in [3.05, 3.63) is 71.8 Å². The number of nitrogens with one attached hydrogen (secondary N) is 1. The van der Waals surface area contributed by atoms with Gasteiger partial charge in [0.2, 0.25) is 0 Å². The van der Waals surface area contributed by atoms with Gasteiger partial charge in [0.05, 0.1) is 13.3 Å². The minimum atomic E-state index is -0.535. The lowest BCUT2D eigenvalue weighted by Gasteiger charge is -2.27. The van der Waals surface area contributed by atoms with Gasteiger partial charge in [-0.15, -0.1) is 0 Å². The van der Waals surface area contributed by atoms with Crippen molar-refractivity contribution in [2.45, 2.75) is 39.4 Å². The fraction of sp³-hybridized carbons (Fsp3) is 0.381. The molecule has 1 amide bonds. The molecule has 0 saturated heterocycles. The highest BCUT2D eigenvalue weighted by Crippen LogP contribution is 2.10. The predicted molar refractivity (Wildman–Crippen MR) is 102 cm³/mol. The van der Waals surface area contributed by atoms with Crippen molar-refractivity contribution in [3.63, 3.8) is 0 Å². The van der Waals surface area contributed by atoms with Crippen LogP contribution in [-0.4, -0.2) is 29.8 Å². The van der Waals surface area contributed by atoms with E-state index in [1.165, 1.54) is 5.56 Å². The van der Waals surface area contributed by atoms with Crippen LogP contribution in [0.4, 0.5) is 4.79 Å². The topological polar surface area (TPSA) is 50.8 Å². The summed E-state index contributed by atoms with van der Waals surface area (Å²) in [4.78, 5) is 19.5. The highest BCUT2D eigenvalue weighted by molar-refractivity contribution is 5.68. The minimum Gasteiger partial charge on any atom is -0.444 e. The monoisotopic (exact) mass is 356 g/mol. The summed E-state index contributed by atoms with van der Waals surface area (Å²) in [6.07, 6.45) is 0.393. The Hall–Kier alpha value is -2.37. The van der Waals surface area contributed by atoms with Crippen LogP contribution in [0.15, 0.2) is 60.7 Å². The van der Waals surface area contributed by atoms with Crippen molar-refractivity contribution in [2.24, 2.45) is 0 Å². The van der Waals surface area contributed by atoms with E-state index in [-0.39, 0.29) is 12.8 Å². The molecule has 0 radical (unpaired) electrons. The van der Waals surface area contributed by atoms with Crippen molar-refractivity contribution in [2.75, 3.05) is 13.2 Å². The second-order valence-corrected chi connectivity index (χ2v) is 7.06. The molecule has 0 aromatic heterocycles. The first-order valence-corrected chi connectivity index (χ1v) is 8.84. The molecular weight excluding hydrogens is 328 g/mol. The third-order valence-corrected chi connectivity index (χ3v) is 3.60. The average Bonchev–Trinajstić information content (AvgIpc) is 2.61. The largest absolute Gasteiger partial charge is 0.444 e. The molecule has 0 aliphatic rings. The molecule has 0 aliphatic carbocycles. The van der Waals surface area contributed by atoms with Crippen LogP contribution in [0.3, 0.4) is 0 Å². The van der Waals surface area contributed by atoms with E-state index in [0.29, 0.717) is 13.2 Å². The summed E-state index contributed by atoms with van der Waals surface area (Å²) in [6, 6.07) is 19.9. The average molecular weight is 356 g/mol. The van der Waals surface area contributed by atoms with Gasteiger partial charge in [0.15, 0.2) is 0 Å². The minimum absolute atomic E-state index is 0.259. The first kappa shape index (κ1) is 19.9. The van der Waals surface area contributed by atoms with Crippen molar-refractivity contribution in [3.8, 4) is 0 Å². The van der Waals surface area contributed by atoms with Gasteiger partial charge in [-0.2, -0.15) is 5.48 Å². The Balaban J connectivity index is 1.86. The van der Waals surface area contributed by atoms with E-state index in [1.54, 1.807) is 4.90 Å². The zero-order valence-corrected chi connectivity index (χ0v) is 15.8. The zero-order chi connectivity index (χ0) is 18.8. The molecule has 140 valence electrons. The van der Waals surface area contributed by atoms with E-state index in [1.807, 2.05) is 81.4 Å². The number of hydrogen-bond acceptors (Lipinski definition) is 4. The molecular formula is C21H28N2O3. The van der Waals surface area contributed by atoms with Crippen molar-refractivity contribution >= 4 is 6.09 Å². The maximum atomic E-state index is 12.5. The number of rotatable bonds is 8. The number of nitrogens with zero attached hydrogens (tertiary/aromatic N) is 1. The highest BCUT2D eigenvalue weighted by Gasteiger charge is 2.21. The second kappa shape index (κ2) is 9.94. The number of amides is 1. The summed E-state index contributed by atoms with van der Waals surface area (Å²) in [7, 11) is 0. The van der Waals surface area contributed by atoms with Crippen LogP contribution in [0.5, 0.6) is 0 Å². The van der Waals surface area contributed by atoms with Crippen LogP contribution >= 0.6 is 0 Å². The van der Waals surface area contributed by atoms with E-state index in [9.17, 15) is 4.79 Å². The Morgan fingerprint density at radius 2 is 1.54 bits per heavy atom. The van der Waals surface area contributed by atoms with Crippen LogP contribution in [0, 0.1) is 0 Å². The zero-order valence-electron chi connectivity index (χ0n) is 15.8. The fourth-order valence-electron chi connectivity index (χ4n) is 2.30. The van der Waals surface area contributed by atoms with Gasteiger partial charge in [-0.1, -0.05) is 60.7 Å². The molecule has 26 heavy (non-hydrogen) atoms. The van der Waals surface area contributed by atoms with Crippen LogP contribution in [0.1, 0.15) is 31.9 Å². The van der Waals surface area contributed by atoms with E-state index in [0.717, 1.165) is 12.0 Å². The lowest BCUT2D eigenvalue weighted by molar-refractivity contribution is -0.0182. The molecule has 2 aromatic carbocycles. The molecule has 0 spiro atoms. The van der Waals surface area contributed by atoms with Gasteiger partial charge in [0, 0.05) is 6.54 Å². The molecule has 0 unspecified atom stereocenters. The molecule has 0 heterocycles. The van der Waals surface area contributed by atoms with E-state index in [2.05, 4.69) is 5.48 Å². The third-order valence-electron chi connectivity index (χ3n) is 3.60. The number of carbonyl (C=O) groups excluding carboxylic acids is 1. The van der Waals surface area contributed by atoms with Gasteiger partial charge in [0.25, 0.3) is 0 Å². The molecule has 0 fully saturated rings. The van der Waals surface area contributed by atoms with Crippen molar-refractivity contribution in [1.82, 2.24) is 10.4 Å². The molecule has 0 saturated carbocycles. The van der Waals surface area contributed by atoms with Crippen molar-refractivity contribution < 1.29 is 14.4 Å². The molecule has 1 N–H and O–H groups in total. The van der Waals surface area contributed by atoms with Gasteiger partial charge in [-0.25, -0.2) is 4.79 Å². The normalized spacial score (nSPS) is 11.2. The summed E-state index contributed by atoms with van der Waals surface area (Å²) >= 11 is 0. The summed E-state index contributed by atoms with van der Waals surface area (Å²) < 4.78 is 5.50. The first-order chi connectivity index (χ1) is 12.4. The molecule has 5 nitrogen and oxygen atoms in total. The predicted octanol–water partition coefficient (Wildman–Crippen LogP) is 4.15. The lowest BCUT2D eigenvalue weighted by atomic mass is 10.1. The number of ether oxygens (including phenoxy) is 1. The van der Waals surface area contributed by atoms with Crippen LogP contribution in [0.2, 0.25) is 0 Å². The number of hydroxylamine groups is 1. The molecule has 0 aliphatic heterocycles. The Labute approximate surface area is 155 Å². The molecule has 5 heteroatoms. The summed E-state index contributed by atoms with van der Waals surface area (Å²) in [6.45, 7) is 6.82. The van der Waals surface area contributed by atoms with Crippen molar-refractivity contribution in [1.29, 1.82) is 0 Å². The Kier molecular flexibility index (Phi) is 7.63. The van der Waals surface area contributed by atoms with Crippen LogP contribution < -0.4 is 5.48 Å². The van der Waals surface area contributed by atoms with Gasteiger partial charge in [-0.3, -0.25) is 9.74 Å². The second-order valence-electron chi connectivity index (χ2n) is 7.06. The van der Waals surface area contributed by atoms with Gasteiger partial charge in [0.1, 0.15) is 5.60 Å². The SMILES string of the molecule is CC(C)(C)OC(=O)N(CCc1ccccc1)CNOCc1ccccc1. The standard InChI is InChI=1S/C21H28N2O3/c1-21(2,3)26-20(24)23(15-14-18-10-6-4-7-11-18)17-22-25-16-19-12-8-5-9-13-19/h4-13,22H,14-17H2,1-3H3. The number of hydrogen-bond donors (Lipinski definition) is 1. The van der Waals surface area contributed by atoms with Gasteiger partial charge < -0.3 is 4.74 Å². The van der Waals surface area contributed by atoms with Gasteiger partial charge in [-0.05, 0) is 38.3 Å². The highest BCUT2D eigenvalue weighted by atomic mass is 16.6. The smallest absolute Gasteiger partial charge is 0.411 e. The molecule has 2 aromatic rings. The number of benzene rings is 2. The quantitative estimate of drug-likeness (QED) is 0.439. The maximum Gasteiger partial charge on any atom is 0.411 e. The Morgan fingerprint density at radius 1 is 0.962 bits per heavy atom. The third kappa shape index (κ3) is 7.68. The maximum absolute atomic E-state index is 12.5. The Bertz CT molecular complexity index is 654. The molecule has 2 rings (SSSR count). The molecule has 0 atom stereocenters. The Morgan fingerprint density at radius 3 is 2.12 bits per heavy atom. The van der Waals surface area contributed by atoms with E-state index < -0.39 is 5.60 Å². The van der Waals surface area contributed by atoms with E-state index in [4.69, 9.17) is 9.57 Å². The summed E-state index contributed by atoms with van der Waals surface area (Å²) in [5.74, 6) is 0. The van der Waals surface area contributed by atoms with E-state index >= 15 is 0 Å². The summed E-state index contributed by atoms with van der Waals surface area (Å²) in [5, 5.41) is 0. The summed E-state index contributed by atoms with van der Waals surface area (Å²) in [5.41, 5.74) is 4.56. The number of carbonyl (C=O) groups is 1. The van der Waals surface area contributed by atoms with Crippen LogP contribution in [0.25, 0.3) is 0 Å². The lowest BCUT2D eigenvalue weighted by Crippen LogP contribution is -2.43. The molecule has 0 bridgehead atoms.